The molecule has 0 aliphatic heterocycles. The quantitative estimate of drug-likeness (QED) is 0.861. The van der Waals surface area contributed by atoms with Crippen molar-refractivity contribution < 1.29 is 4.79 Å². The van der Waals surface area contributed by atoms with Crippen LogP contribution in [0.25, 0.3) is 0 Å². The lowest BCUT2D eigenvalue weighted by Gasteiger charge is -2.12. The van der Waals surface area contributed by atoms with Crippen LogP contribution in [0.3, 0.4) is 0 Å². The molecule has 108 valence electrons. The number of hydrogen-bond acceptors (Lipinski definition) is 3. The van der Waals surface area contributed by atoms with Crippen LogP contribution in [0.5, 0.6) is 0 Å². The molecule has 0 bridgehead atoms. The maximum Gasteiger partial charge on any atom is 0.237 e. The zero-order chi connectivity index (χ0) is 13.5. The van der Waals surface area contributed by atoms with Gasteiger partial charge < -0.3 is 11.1 Å². The van der Waals surface area contributed by atoms with Gasteiger partial charge in [0.15, 0.2) is 0 Å². The summed E-state index contributed by atoms with van der Waals surface area (Å²) in [4.78, 5) is 11.8. The Labute approximate surface area is 129 Å². The van der Waals surface area contributed by atoms with Crippen LogP contribution >= 0.6 is 23.7 Å². The Hall–Kier alpha value is -1.36. The molecule has 1 aromatic heterocycles. The van der Waals surface area contributed by atoms with Crippen LogP contribution < -0.4 is 11.1 Å². The second-order valence-corrected chi connectivity index (χ2v) is 5.25. The van der Waals surface area contributed by atoms with E-state index < -0.39 is 6.04 Å². The third-order valence-electron chi connectivity index (χ3n) is 2.93. The van der Waals surface area contributed by atoms with E-state index in [2.05, 4.69) is 16.8 Å². The molecule has 2 rings (SSSR count). The van der Waals surface area contributed by atoms with Gasteiger partial charge in [-0.15, -0.1) is 12.4 Å². The molecule has 0 radical (unpaired) electrons. The number of nitrogens with two attached hydrogens (primary N) is 1. The zero-order valence-corrected chi connectivity index (χ0v) is 12.8. The lowest BCUT2D eigenvalue weighted by atomic mass is 10.1. The van der Waals surface area contributed by atoms with Crippen molar-refractivity contribution in [2.75, 3.05) is 6.54 Å². The maximum absolute atomic E-state index is 11.8. The van der Waals surface area contributed by atoms with E-state index in [1.165, 1.54) is 5.56 Å². The SMILES string of the molecule is Cl.N[C@@H](Cc1ccccc1)C(=O)NCCc1ccsc1. The fourth-order valence-electron chi connectivity index (χ4n) is 1.86. The number of carbonyl (C=O) groups is 1. The molecule has 0 aliphatic rings. The topological polar surface area (TPSA) is 55.1 Å². The predicted molar refractivity (Wildman–Crippen MR) is 86.4 cm³/mol. The summed E-state index contributed by atoms with van der Waals surface area (Å²) in [6.07, 6.45) is 1.43. The van der Waals surface area contributed by atoms with Gasteiger partial charge in [0.2, 0.25) is 5.91 Å². The van der Waals surface area contributed by atoms with Gasteiger partial charge in [-0.3, -0.25) is 4.79 Å². The number of thiophene rings is 1. The lowest BCUT2D eigenvalue weighted by molar-refractivity contribution is -0.122. The predicted octanol–water partition coefficient (Wildman–Crippen LogP) is 2.40. The van der Waals surface area contributed by atoms with Crippen LogP contribution in [0.4, 0.5) is 0 Å². The Morgan fingerprint density at radius 3 is 2.60 bits per heavy atom. The molecule has 1 amide bonds. The van der Waals surface area contributed by atoms with E-state index in [1.807, 2.05) is 35.7 Å². The maximum atomic E-state index is 11.8. The largest absolute Gasteiger partial charge is 0.354 e. The minimum atomic E-state index is -0.482. The van der Waals surface area contributed by atoms with E-state index in [-0.39, 0.29) is 18.3 Å². The van der Waals surface area contributed by atoms with Crippen molar-refractivity contribution >= 4 is 29.7 Å². The summed E-state index contributed by atoms with van der Waals surface area (Å²) in [7, 11) is 0. The fraction of sp³-hybridized carbons (Fsp3) is 0.267. The van der Waals surface area contributed by atoms with Crippen LogP contribution in [0.1, 0.15) is 11.1 Å². The van der Waals surface area contributed by atoms with Gasteiger partial charge in [0.25, 0.3) is 0 Å². The minimum Gasteiger partial charge on any atom is -0.354 e. The Morgan fingerprint density at radius 2 is 1.95 bits per heavy atom. The minimum absolute atomic E-state index is 0. The normalized spacial score (nSPS) is 11.4. The molecule has 1 atom stereocenters. The van der Waals surface area contributed by atoms with Crippen LogP contribution in [-0.4, -0.2) is 18.5 Å². The number of hydrogen-bond donors (Lipinski definition) is 2. The van der Waals surface area contributed by atoms with E-state index >= 15 is 0 Å². The van der Waals surface area contributed by atoms with Crippen molar-refractivity contribution in [2.45, 2.75) is 18.9 Å². The first kappa shape index (κ1) is 16.7. The smallest absolute Gasteiger partial charge is 0.237 e. The number of halogens is 1. The van der Waals surface area contributed by atoms with Gasteiger partial charge in [-0.05, 0) is 40.8 Å². The second kappa shape index (κ2) is 8.74. The number of amides is 1. The van der Waals surface area contributed by atoms with Crippen LogP contribution in [0.15, 0.2) is 47.2 Å². The highest BCUT2D eigenvalue weighted by atomic mass is 35.5. The highest BCUT2D eigenvalue weighted by Gasteiger charge is 2.13. The van der Waals surface area contributed by atoms with Gasteiger partial charge >= 0.3 is 0 Å². The molecule has 2 aromatic rings. The molecule has 1 heterocycles. The highest BCUT2D eigenvalue weighted by molar-refractivity contribution is 7.07. The molecule has 0 spiro atoms. The molecule has 0 fully saturated rings. The molecule has 0 saturated heterocycles. The van der Waals surface area contributed by atoms with Crippen LogP contribution in [-0.2, 0) is 17.6 Å². The summed E-state index contributed by atoms with van der Waals surface area (Å²) in [5, 5.41) is 7.01. The van der Waals surface area contributed by atoms with Gasteiger partial charge in [-0.1, -0.05) is 30.3 Å². The molecule has 0 aliphatic carbocycles. The van der Waals surface area contributed by atoms with Gasteiger partial charge in [0.1, 0.15) is 0 Å². The third kappa shape index (κ3) is 5.33. The van der Waals surface area contributed by atoms with Crippen LogP contribution in [0.2, 0.25) is 0 Å². The first-order valence-electron chi connectivity index (χ1n) is 6.34. The van der Waals surface area contributed by atoms with E-state index in [0.717, 1.165) is 12.0 Å². The van der Waals surface area contributed by atoms with E-state index in [1.54, 1.807) is 11.3 Å². The summed E-state index contributed by atoms with van der Waals surface area (Å²) in [6.45, 7) is 0.637. The van der Waals surface area contributed by atoms with E-state index in [4.69, 9.17) is 5.73 Å². The standard InChI is InChI=1S/C15H18N2OS.ClH/c16-14(10-12-4-2-1-3-5-12)15(18)17-8-6-13-7-9-19-11-13;/h1-5,7,9,11,14H,6,8,10,16H2,(H,17,18);1H/t14-;/m0./s1. The molecule has 3 N–H and O–H groups in total. The molecule has 5 heteroatoms. The summed E-state index contributed by atoms with van der Waals surface area (Å²) >= 11 is 1.67. The van der Waals surface area contributed by atoms with Crippen molar-refractivity contribution in [3.05, 3.63) is 58.3 Å². The average Bonchev–Trinajstić information content (AvgIpc) is 2.93. The summed E-state index contributed by atoms with van der Waals surface area (Å²) in [6, 6.07) is 11.4. The Bertz CT molecular complexity index is 502. The first-order chi connectivity index (χ1) is 9.25. The van der Waals surface area contributed by atoms with Gasteiger partial charge in [0.05, 0.1) is 6.04 Å². The van der Waals surface area contributed by atoms with E-state index in [0.29, 0.717) is 13.0 Å². The van der Waals surface area contributed by atoms with Crippen LogP contribution in [0, 0.1) is 0 Å². The van der Waals surface area contributed by atoms with Crippen molar-refractivity contribution in [2.24, 2.45) is 5.73 Å². The lowest BCUT2D eigenvalue weighted by Crippen LogP contribution is -2.42. The van der Waals surface area contributed by atoms with Crippen molar-refractivity contribution in [1.82, 2.24) is 5.32 Å². The second-order valence-electron chi connectivity index (χ2n) is 4.47. The van der Waals surface area contributed by atoms with Crippen molar-refractivity contribution in [3.8, 4) is 0 Å². The summed E-state index contributed by atoms with van der Waals surface area (Å²) < 4.78 is 0. The number of carbonyl (C=O) groups excluding carboxylic acids is 1. The molecule has 1 aromatic carbocycles. The number of rotatable bonds is 6. The molecule has 0 saturated carbocycles. The molecule has 20 heavy (non-hydrogen) atoms. The summed E-state index contributed by atoms with van der Waals surface area (Å²) in [5.74, 6) is -0.0842. The Kier molecular flexibility index (Phi) is 7.30. The molecular weight excluding hydrogens is 292 g/mol. The number of benzene rings is 1. The average molecular weight is 311 g/mol. The first-order valence-corrected chi connectivity index (χ1v) is 7.28. The summed E-state index contributed by atoms with van der Waals surface area (Å²) in [5.41, 5.74) is 8.24. The monoisotopic (exact) mass is 310 g/mol. The number of nitrogens with one attached hydrogen (secondary N) is 1. The Morgan fingerprint density at radius 1 is 1.20 bits per heavy atom. The van der Waals surface area contributed by atoms with Gasteiger partial charge in [0, 0.05) is 6.54 Å². The molecule has 3 nitrogen and oxygen atoms in total. The van der Waals surface area contributed by atoms with Gasteiger partial charge in [-0.25, -0.2) is 0 Å². The van der Waals surface area contributed by atoms with Crippen molar-refractivity contribution in [1.29, 1.82) is 0 Å². The molecular formula is C15H19ClN2OS. The highest BCUT2D eigenvalue weighted by Crippen LogP contribution is 2.06. The fourth-order valence-corrected chi connectivity index (χ4v) is 2.56. The third-order valence-corrected chi connectivity index (χ3v) is 3.66. The van der Waals surface area contributed by atoms with Gasteiger partial charge in [-0.2, -0.15) is 11.3 Å². The molecule has 0 unspecified atom stereocenters. The van der Waals surface area contributed by atoms with E-state index in [9.17, 15) is 4.79 Å². The van der Waals surface area contributed by atoms with Crippen molar-refractivity contribution in [3.63, 3.8) is 0 Å². The Balaban J connectivity index is 0.00000200. The zero-order valence-electron chi connectivity index (χ0n) is 11.1.